The number of halogens is 3. The molecule has 1 aromatic carbocycles. The van der Waals surface area contributed by atoms with E-state index < -0.39 is 23.2 Å². The van der Waals surface area contributed by atoms with Crippen molar-refractivity contribution in [3.05, 3.63) is 35.6 Å². The Kier molecular flexibility index (Phi) is 4.56. The van der Waals surface area contributed by atoms with E-state index in [-0.39, 0.29) is 12.0 Å². The lowest BCUT2D eigenvalue weighted by Crippen LogP contribution is -2.52. The van der Waals surface area contributed by atoms with Gasteiger partial charge in [0.1, 0.15) is 5.82 Å². The first-order valence-electron chi connectivity index (χ1n) is 6.94. The summed E-state index contributed by atoms with van der Waals surface area (Å²) in [5.74, 6) is -5.48. The zero-order valence-corrected chi connectivity index (χ0v) is 12.1. The Hall–Kier alpha value is -1.56. The molecule has 0 aliphatic carbocycles. The second-order valence-electron chi connectivity index (χ2n) is 5.69. The van der Waals surface area contributed by atoms with E-state index in [0.717, 1.165) is 37.4 Å². The van der Waals surface area contributed by atoms with Crippen LogP contribution in [0.5, 0.6) is 0 Å². The van der Waals surface area contributed by atoms with Gasteiger partial charge in [-0.1, -0.05) is 6.92 Å². The van der Waals surface area contributed by atoms with Crippen LogP contribution >= 0.6 is 0 Å². The SMILES string of the molecule is C[C@@H]1CN(C)CC[C@H]1NC(=O)C(F)(F)c1ccc(F)cc1. The Balaban J connectivity index is 2.06. The average Bonchev–Trinajstić information content (AvgIpc) is 2.42. The van der Waals surface area contributed by atoms with E-state index in [9.17, 15) is 18.0 Å². The predicted octanol–water partition coefficient (Wildman–Crippen LogP) is 2.37. The van der Waals surface area contributed by atoms with E-state index >= 15 is 0 Å². The molecule has 0 aromatic heterocycles. The van der Waals surface area contributed by atoms with Crippen LogP contribution in [0.15, 0.2) is 24.3 Å². The quantitative estimate of drug-likeness (QED) is 0.929. The predicted molar refractivity (Wildman–Crippen MR) is 73.5 cm³/mol. The number of carbonyl (C=O) groups is 1. The Morgan fingerprint density at radius 2 is 1.95 bits per heavy atom. The first-order chi connectivity index (χ1) is 9.80. The zero-order chi connectivity index (χ0) is 15.6. The number of rotatable bonds is 3. The fourth-order valence-electron chi connectivity index (χ4n) is 2.62. The minimum atomic E-state index is -3.66. The third-order valence-electron chi connectivity index (χ3n) is 3.92. The molecule has 1 saturated heterocycles. The summed E-state index contributed by atoms with van der Waals surface area (Å²) in [6, 6.07) is 3.46. The second-order valence-corrected chi connectivity index (χ2v) is 5.69. The van der Waals surface area contributed by atoms with Gasteiger partial charge in [-0.15, -0.1) is 0 Å². The number of hydrogen-bond acceptors (Lipinski definition) is 2. The van der Waals surface area contributed by atoms with Crippen LogP contribution in [-0.4, -0.2) is 37.0 Å². The van der Waals surface area contributed by atoms with E-state index in [1.165, 1.54) is 0 Å². The molecule has 6 heteroatoms. The normalized spacial score (nSPS) is 23.9. The van der Waals surface area contributed by atoms with Gasteiger partial charge in [0.05, 0.1) is 0 Å². The summed E-state index contributed by atoms with van der Waals surface area (Å²) in [6.07, 6.45) is 0.642. The van der Waals surface area contributed by atoms with Crippen LogP contribution in [0, 0.1) is 11.7 Å². The maximum absolute atomic E-state index is 14.1. The maximum atomic E-state index is 14.1. The minimum Gasteiger partial charge on any atom is -0.347 e. The van der Waals surface area contributed by atoms with Gasteiger partial charge >= 0.3 is 5.92 Å². The molecule has 0 saturated carbocycles. The molecule has 1 heterocycles. The van der Waals surface area contributed by atoms with Crippen molar-refractivity contribution in [2.24, 2.45) is 5.92 Å². The highest BCUT2D eigenvalue weighted by Gasteiger charge is 2.42. The third-order valence-corrected chi connectivity index (χ3v) is 3.92. The zero-order valence-electron chi connectivity index (χ0n) is 12.1. The fourth-order valence-corrected chi connectivity index (χ4v) is 2.62. The fraction of sp³-hybridized carbons (Fsp3) is 0.533. The van der Waals surface area contributed by atoms with Gasteiger partial charge in [-0.05, 0) is 50.2 Å². The number of hydrogen-bond donors (Lipinski definition) is 1. The molecule has 0 spiro atoms. The van der Waals surface area contributed by atoms with Gasteiger partial charge in [0.25, 0.3) is 5.91 Å². The van der Waals surface area contributed by atoms with Gasteiger partial charge in [0.2, 0.25) is 0 Å². The molecule has 1 aromatic rings. The van der Waals surface area contributed by atoms with E-state index in [2.05, 4.69) is 10.2 Å². The number of amides is 1. The third kappa shape index (κ3) is 3.56. The molecule has 0 unspecified atom stereocenters. The van der Waals surface area contributed by atoms with Crippen molar-refractivity contribution < 1.29 is 18.0 Å². The molecule has 1 fully saturated rings. The molecule has 2 rings (SSSR count). The molecule has 0 radical (unpaired) electrons. The number of nitrogens with zero attached hydrogens (tertiary/aromatic N) is 1. The van der Waals surface area contributed by atoms with E-state index in [1.807, 2.05) is 14.0 Å². The van der Waals surface area contributed by atoms with Crippen molar-refractivity contribution >= 4 is 5.91 Å². The number of likely N-dealkylation sites (tertiary alicyclic amines) is 1. The van der Waals surface area contributed by atoms with Crippen molar-refractivity contribution in [3.8, 4) is 0 Å². The number of benzene rings is 1. The van der Waals surface area contributed by atoms with Crippen LogP contribution < -0.4 is 5.32 Å². The first kappa shape index (κ1) is 15.8. The maximum Gasteiger partial charge on any atom is 0.349 e. The molecule has 2 atom stereocenters. The first-order valence-corrected chi connectivity index (χ1v) is 6.94. The van der Waals surface area contributed by atoms with E-state index in [4.69, 9.17) is 0 Å². The summed E-state index contributed by atoms with van der Waals surface area (Å²) in [5.41, 5.74) is -0.498. The summed E-state index contributed by atoms with van der Waals surface area (Å²) >= 11 is 0. The molecular weight excluding hydrogens is 281 g/mol. The topological polar surface area (TPSA) is 32.3 Å². The van der Waals surface area contributed by atoms with Crippen molar-refractivity contribution in [2.45, 2.75) is 25.3 Å². The molecule has 1 aliphatic heterocycles. The summed E-state index contributed by atoms with van der Waals surface area (Å²) < 4.78 is 41.0. The van der Waals surface area contributed by atoms with Gasteiger partial charge in [0, 0.05) is 18.2 Å². The molecular formula is C15H19F3N2O. The highest BCUT2D eigenvalue weighted by atomic mass is 19.3. The van der Waals surface area contributed by atoms with Crippen molar-refractivity contribution in [2.75, 3.05) is 20.1 Å². The van der Waals surface area contributed by atoms with Crippen molar-refractivity contribution in [1.82, 2.24) is 10.2 Å². The summed E-state index contributed by atoms with van der Waals surface area (Å²) in [7, 11) is 1.96. The lowest BCUT2D eigenvalue weighted by atomic mass is 9.93. The largest absolute Gasteiger partial charge is 0.349 e. The Morgan fingerprint density at radius 1 is 1.33 bits per heavy atom. The molecule has 1 amide bonds. The van der Waals surface area contributed by atoms with Crippen molar-refractivity contribution in [1.29, 1.82) is 0 Å². The molecule has 21 heavy (non-hydrogen) atoms. The summed E-state index contributed by atoms with van der Waals surface area (Å²) in [5, 5.41) is 2.43. The average molecular weight is 300 g/mol. The second kappa shape index (κ2) is 6.05. The molecule has 3 nitrogen and oxygen atoms in total. The van der Waals surface area contributed by atoms with Crippen LogP contribution in [0.4, 0.5) is 13.2 Å². The number of carbonyl (C=O) groups excluding carboxylic acids is 1. The molecule has 1 aliphatic rings. The molecule has 1 N–H and O–H groups in total. The van der Waals surface area contributed by atoms with Crippen LogP contribution in [0.25, 0.3) is 0 Å². The Labute approximate surface area is 122 Å². The van der Waals surface area contributed by atoms with Crippen LogP contribution in [0.3, 0.4) is 0 Å². The standard InChI is InChI=1S/C15H19F3N2O/c1-10-9-20(2)8-7-13(10)19-14(21)15(17,18)11-3-5-12(16)6-4-11/h3-6,10,13H,7-9H2,1-2H3,(H,19,21)/t10-,13-/m1/s1. The number of alkyl halides is 2. The molecule has 116 valence electrons. The van der Waals surface area contributed by atoms with Crippen molar-refractivity contribution in [3.63, 3.8) is 0 Å². The Bertz CT molecular complexity index is 504. The smallest absolute Gasteiger partial charge is 0.347 e. The summed E-state index contributed by atoms with van der Waals surface area (Å²) in [6.45, 7) is 3.45. The monoisotopic (exact) mass is 300 g/mol. The number of nitrogens with one attached hydrogen (secondary N) is 1. The minimum absolute atomic E-state index is 0.108. The lowest BCUT2D eigenvalue weighted by molar-refractivity contribution is -0.148. The molecule has 0 bridgehead atoms. The van der Waals surface area contributed by atoms with Crippen LogP contribution in [0.2, 0.25) is 0 Å². The highest BCUT2D eigenvalue weighted by molar-refractivity contribution is 5.85. The Morgan fingerprint density at radius 3 is 2.52 bits per heavy atom. The van der Waals surface area contributed by atoms with Gasteiger partial charge in [-0.3, -0.25) is 4.79 Å². The van der Waals surface area contributed by atoms with Gasteiger partial charge < -0.3 is 10.2 Å². The van der Waals surface area contributed by atoms with Crippen LogP contribution in [-0.2, 0) is 10.7 Å². The van der Waals surface area contributed by atoms with E-state index in [0.29, 0.717) is 6.42 Å². The highest BCUT2D eigenvalue weighted by Crippen LogP contribution is 2.29. The lowest BCUT2D eigenvalue weighted by Gasteiger charge is -2.35. The van der Waals surface area contributed by atoms with Gasteiger partial charge in [-0.2, -0.15) is 8.78 Å². The van der Waals surface area contributed by atoms with Crippen LogP contribution in [0.1, 0.15) is 18.9 Å². The van der Waals surface area contributed by atoms with Gasteiger partial charge in [-0.25, -0.2) is 4.39 Å². The number of piperidine rings is 1. The summed E-state index contributed by atoms with van der Waals surface area (Å²) in [4.78, 5) is 14.0. The van der Waals surface area contributed by atoms with E-state index in [1.54, 1.807) is 0 Å². The van der Waals surface area contributed by atoms with Gasteiger partial charge in [0.15, 0.2) is 0 Å².